The Hall–Kier alpha value is 0.480. The van der Waals surface area contributed by atoms with Gasteiger partial charge in [0.2, 0.25) is 0 Å². The molecule has 0 heterocycles. The Morgan fingerprint density at radius 3 is 2.05 bits per heavy atom. The fraction of sp³-hybridized carbons (Fsp3) is 0.462. The van der Waals surface area contributed by atoms with Crippen LogP contribution in [0.1, 0.15) is 42.5 Å². The second-order valence-corrected chi connectivity index (χ2v) is 7.78. The maximum atomic E-state index is 12.4. The lowest BCUT2D eigenvalue weighted by atomic mass is 10.0. The summed E-state index contributed by atoms with van der Waals surface area (Å²) in [5, 5.41) is 0.967. The van der Waals surface area contributed by atoms with Gasteiger partial charge in [0.15, 0.2) is 5.52 Å². The van der Waals surface area contributed by atoms with Crippen molar-refractivity contribution in [2.24, 2.45) is 0 Å². The van der Waals surface area contributed by atoms with Gasteiger partial charge in [0.05, 0.1) is 25.7 Å². The SMILES string of the molecule is O=C(PC1CCCCC1)c1c(Cl)c(Cl)cc(Cl)c1Cl. The van der Waals surface area contributed by atoms with E-state index in [-0.39, 0.29) is 39.8 Å². The van der Waals surface area contributed by atoms with Gasteiger partial charge in [0, 0.05) is 0 Å². The van der Waals surface area contributed by atoms with Gasteiger partial charge >= 0.3 is 0 Å². The minimum Gasteiger partial charge on any atom is -0.289 e. The number of rotatable bonds is 3. The zero-order chi connectivity index (χ0) is 14.0. The number of carbonyl (C=O) groups is 1. The van der Waals surface area contributed by atoms with Crippen LogP contribution in [0.15, 0.2) is 6.07 Å². The van der Waals surface area contributed by atoms with Gasteiger partial charge in [-0.2, -0.15) is 0 Å². The lowest BCUT2D eigenvalue weighted by Gasteiger charge is -2.21. The smallest absolute Gasteiger partial charge is 0.184 e. The van der Waals surface area contributed by atoms with Crippen LogP contribution in [0, 0.1) is 0 Å². The van der Waals surface area contributed by atoms with Crippen LogP contribution in [0.3, 0.4) is 0 Å². The van der Waals surface area contributed by atoms with Crippen LogP contribution in [0.5, 0.6) is 0 Å². The van der Waals surface area contributed by atoms with Gasteiger partial charge in [0.25, 0.3) is 0 Å². The van der Waals surface area contributed by atoms with Crippen LogP contribution >= 0.6 is 55.0 Å². The van der Waals surface area contributed by atoms with Gasteiger partial charge < -0.3 is 0 Å². The molecule has 1 aromatic carbocycles. The minimum absolute atomic E-state index is 0.0358. The summed E-state index contributed by atoms with van der Waals surface area (Å²) in [6.45, 7) is 0. The summed E-state index contributed by atoms with van der Waals surface area (Å²) in [7, 11) is 0.193. The van der Waals surface area contributed by atoms with Gasteiger partial charge in [-0.25, -0.2) is 0 Å². The van der Waals surface area contributed by atoms with Crippen molar-refractivity contribution >= 4 is 60.5 Å². The number of carbonyl (C=O) groups excluding carboxylic acids is 1. The maximum absolute atomic E-state index is 12.4. The Balaban J connectivity index is 2.23. The second-order valence-electron chi connectivity index (χ2n) is 4.65. The number of hydrogen-bond acceptors (Lipinski definition) is 1. The van der Waals surface area contributed by atoms with Crippen molar-refractivity contribution in [3.8, 4) is 0 Å². The summed E-state index contributed by atoms with van der Waals surface area (Å²) in [5.74, 6) is 0. The molecule has 104 valence electrons. The molecule has 1 aliphatic rings. The highest BCUT2D eigenvalue weighted by Crippen LogP contribution is 2.43. The molecule has 2 rings (SSSR count). The molecule has 1 aromatic rings. The summed E-state index contributed by atoms with van der Waals surface area (Å²) in [6, 6.07) is 1.47. The summed E-state index contributed by atoms with van der Waals surface area (Å²) >= 11 is 24.1. The summed E-state index contributed by atoms with van der Waals surface area (Å²) < 4.78 is 0. The molecule has 1 saturated carbocycles. The van der Waals surface area contributed by atoms with E-state index in [4.69, 9.17) is 46.4 Å². The van der Waals surface area contributed by atoms with Gasteiger partial charge in [0.1, 0.15) is 0 Å². The van der Waals surface area contributed by atoms with Crippen molar-refractivity contribution in [1.82, 2.24) is 0 Å². The molecule has 0 saturated heterocycles. The highest BCUT2D eigenvalue weighted by molar-refractivity contribution is 7.59. The lowest BCUT2D eigenvalue weighted by molar-refractivity contribution is 0.108. The van der Waals surface area contributed by atoms with E-state index in [9.17, 15) is 4.79 Å². The van der Waals surface area contributed by atoms with E-state index in [1.807, 2.05) is 0 Å². The van der Waals surface area contributed by atoms with Gasteiger partial charge in [-0.1, -0.05) is 65.7 Å². The minimum atomic E-state index is -0.0358. The first kappa shape index (κ1) is 15.9. The molecule has 0 spiro atoms. The standard InChI is InChI=1S/C13H13Cl4OP/c14-8-6-9(15)12(17)10(11(8)16)13(18)19-7-4-2-1-3-5-7/h6-7,19H,1-5H2. The Morgan fingerprint density at radius 1 is 1.00 bits per heavy atom. The highest BCUT2D eigenvalue weighted by Gasteiger charge is 2.24. The Morgan fingerprint density at radius 2 is 1.53 bits per heavy atom. The summed E-state index contributed by atoms with van der Waals surface area (Å²) in [4.78, 5) is 12.4. The third-order valence-electron chi connectivity index (χ3n) is 3.28. The first-order valence-corrected chi connectivity index (χ1v) is 8.73. The van der Waals surface area contributed by atoms with Crippen LogP contribution in [0.4, 0.5) is 0 Å². The average molecular weight is 358 g/mol. The van der Waals surface area contributed by atoms with Gasteiger partial charge in [-0.3, -0.25) is 4.79 Å². The number of halogens is 4. The Kier molecular flexibility index (Phi) is 5.81. The van der Waals surface area contributed by atoms with Crippen molar-refractivity contribution < 1.29 is 4.79 Å². The fourth-order valence-corrected chi connectivity index (χ4v) is 4.88. The van der Waals surface area contributed by atoms with Crippen molar-refractivity contribution in [3.05, 3.63) is 31.7 Å². The summed E-state index contributed by atoms with van der Waals surface area (Å²) in [6.07, 6.45) is 5.87. The normalized spacial score (nSPS) is 17.3. The molecule has 1 atom stereocenters. The molecule has 0 aliphatic heterocycles. The topological polar surface area (TPSA) is 17.1 Å². The van der Waals surface area contributed by atoms with E-state index in [1.165, 1.54) is 25.3 Å². The lowest BCUT2D eigenvalue weighted by Crippen LogP contribution is -2.10. The first-order chi connectivity index (χ1) is 9.00. The van der Waals surface area contributed by atoms with E-state index in [1.54, 1.807) is 0 Å². The van der Waals surface area contributed by atoms with E-state index >= 15 is 0 Å². The van der Waals surface area contributed by atoms with E-state index in [0.29, 0.717) is 5.66 Å². The summed E-state index contributed by atoms with van der Waals surface area (Å²) in [5.41, 5.74) is 0.696. The molecule has 1 fully saturated rings. The van der Waals surface area contributed by atoms with Crippen molar-refractivity contribution in [3.63, 3.8) is 0 Å². The molecule has 1 aliphatic carbocycles. The van der Waals surface area contributed by atoms with Crippen LogP contribution < -0.4 is 0 Å². The van der Waals surface area contributed by atoms with Gasteiger partial charge in [-0.15, -0.1) is 0 Å². The predicted molar refractivity (Wildman–Crippen MR) is 86.0 cm³/mol. The fourth-order valence-electron chi connectivity index (χ4n) is 2.28. The van der Waals surface area contributed by atoms with E-state index in [0.717, 1.165) is 12.8 Å². The highest BCUT2D eigenvalue weighted by atomic mass is 35.5. The largest absolute Gasteiger partial charge is 0.289 e. The molecular weight excluding hydrogens is 345 g/mol. The molecular formula is C13H13Cl4OP. The molecule has 19 heavy (non-hydrogen) atoms. The van der Waals surface area contributed by atoms with Crippen LogP contribution in [0.25, 0.3) is 0 Å². The van der Waals surface area contributed by atoms with Crippen molar-refractivity contribution in [1.29, 1.82) is 0 Å². The zero-order valence-electron chi connectivity index (χ0n) is 10.1. The second kappa shape index (κ2) is 6.96. The molecule has 0 N–H and O–H groups in total. The molecule has 0 bridgehead atoms. The van der Waals surface area contributed by atoms with E-state index in [2.05, 4.69) is 0 Å². The number of hydrogen-bond donors (Lipinski definition) is 0. The van der Waals surface area contributed by atoms with Crippen molar-refractivity contribution in [2.45, 2.75) is 37.8 Å². The molecule has 1 unspecified atom stereocenters. The van der Waals surface area contributed by atoms with Crippen LogP contribution in [-0.4, -0.2) is 11.2 Å². The predicted octanol–water partition coefficient (Wildman–Crippen LogP) is 6.45. The zero-order valence-corrected chi connectivity index (χ0v) is 14.1. The molecule has 0 amide bonds. The van der Waals surface area contributed by atoms with Crippen LogP contribution in [0.2, 0.25) is 20.1 Å². The Labute approximate surface area is 134 Å². The molecule has 1 nitrogen and oxygen atoms in total. The first-order valence-electron chi connectivity index (χ1n) is 6.14. The molecule has 0 aromatic heterocycles. The van der Waals surface area contributed by atoms with Crippen molar-refractivity contribution in [2.75, 3.05) is 0 Å². The quantitative estimate of drug-likeness (QED) is 0.448. The molecule has 6 heteroatoms. The van der Waals surface area contributed by atoms with E-state index < -0.39 is 0 Å². The number of benzene rings is 1. The van der Waals surface area contributed by atoms with Crippen LogP contribution in [-0.2, 0) is 0 Å². The maximum Gasteiger partial charge on any atom is 0.184 e. The molecule has 0 radical (unpaired) electrons. The van der Waals surface area contributed by atoms with Gasteiger partial charge in [-0.05, 0) is 33.1 Å². The Bertz CT molecular complexity index is 472. The third kappa shape index (κ3) is 3.77. The third-order valence-corrected chi connectivity index (χ3v) is 6.35. The average Bonchev–Trinajstić information content (AvgIpc) is 2.38. The monoisotopic (exact) mass is 356 g/mol.